The number of ether oxygens (including phenoxy) is 3. The van der Waals surface area contributed by atoms with Gasteiger partial charge in [-0.15, -0.1) is 0 Å². The fraction of sp³-hybridized carbons (Fsp3) is 0.440. The maximum atomic E-state index is 12.7. The van der Waals surface area contributed by atoms with Gasteiger partial charge in [0.1, 0.15) is 5.75 Å². The Balaban J connectivity index is 1.43. The third-order valence-electron chi connectivity index (χ3n) is 5.69. The van der Waals surface area contributed by atoms with Crippen molar-refractivity contribution in [2.24, 2.45) is 0 Å². The number of aryl methyl sites for hydroxylation is 1. The number of nitrogens with zero attached hydrogens (tertiary/aromatic N) is 1. The lowest BCUT2D eigenvalue weighted by atomic mass is 10.0. The van der Waals surface area contributed by atoms with E-state index in [4.69, 9.17) is 14.2 Å². The minimum atomic E-state index is -0.0914. The van der Waals surface area contributed by atoms with Gasteiger partial charge in [0.15, 0.2) is 11.5 Å². The van der Waals surface area contributed by atoms with Gasteiger partial charge in [-0.05, 0) is 68.1 Å². The topological polar surface area (TPSA) is 77.1 Å². The number of likely N-dealkylation sites (tertiary alicyclic amines) is 1. The van der Waals surface area contributed by atoms with Gasteiger partial charge < -0.3 is 24.4 Å². The van der Waals surface area contributed by atoms with Crippen molar-refractivity contribution in [3.63, 3.8) is 0 Å². The first kappa shape index (κ1) is 23.4. The quantitative estimate of drug-likeness (QED) is 0.646. The third kappa shape index (κ3) is 6.15. The molecule has 0 aliphatic carbocycles. The molecule has 1 aliphatic heterocycles. The van der Waals surface area contributed by atoms with Crippen LogP contribution in [0.1, 0.15) is 42.1 Å². The van der Waals surface area contributed by atoms with E-state index in [-0.39, 0.29) is 17.9 Å². The number of hydrogen-bond donors (Lipinski definition) is 1. The first-order valence-electron chi connectivity index (χ1n) is 11.1. The molecule has 3 rings (SSSR count). The minimum absolute atomic E-state index is 0.0731. The Hall–Kier alpha value is -3.22. The number of piperidine rings is 1. The van der Waals surface area contributed by atoms with Crippen molar-refractivity contribution in [2.75, 3.05) is 33.9 Å². The van der Waals surface area contributed by atoms with Crippen LogP contribution in [0.4, 0.5) is 0 Å². The fourth-order valence-corrected chi connectivity index (χ4v) is 3.86. The number of methoxy groups -OCH3 is 2. The molecule has 0 aromatic heterocycles. The summed E-state index contributed by atoms with van der Waals surface area (Å²) in [5.74, 6) is 2.14. The Kier molecular flexibility index (Phi) is 8.36. The standard InChI is InChI=1S/C25H32N2O5/c1-4-32-21-9-7-19(8-10-21)25(29)26-20-13-15-27(16-14-20)24(28)12-6-18-5-11-22(30-2)23(17-18)31-3/h5,7-11,17,20H,4,6,12-16H2,1-3H3,(H,26,29). The maximum Gasteiger partial charge on any atom is 0.251 e. The molecule has 1 saturated heterocycles. The number of carbonyl (C=O) groups excluding carboxylic acids is 2. The van der Waals surface area contributed by atoms with Crippen molar-refractivity contribution in [3.05, 3.63) is 53.6 Å². The fourth-order valence-electron chi connectivity index (χ4n) is 3.86. The smallest absolute Gasteiger partial charge is 0.251 e. The highest BCUT2D eigenvalue weighted by atomic mass is 16.5. The van der Waals surface area contributed by atoms with Crippen LogP contribution in [-0.4, -0.2) is 56.7 Å². The van der Waals surface area contributed by atoms with E-state index in [0.29, 0.717) is 49.6 Å². The summed E-state index contributed by atoms with van der Waals surface area (Å²) >= 11 is 0. The van der Waals surface area contributed by atoms with Gasteiger partial charge in [0.05, 0.1) is 20.8 Å². The average Bonchev–Trinajstić information content (AvgIpc) is 2.83. The van der Waals surface area contributed by atoms with E-state index in [1.165, 1.54) is 0 Å². The number of hydrogen-bond acceptors (Lipinski definition) is 5. The number of carbonyl (C=O) groups is 2. The van der Waals surface area contributed by atoms with Gasteiger partial charge in [-0.3, -0.25) is 9.59 Å². The predicted molar refractivity (Wildman–Crippen MR) is 123 cm³/mol. The second-order valence-electron chi connectivity index (χ2n) is 7.78. The van der Waals surface area contributed by atoms with Crippen LogP contribution in [0.25, 0.3) is 0 Å². The third-order valence-corrected chi connectivity index (χ3v) is 5.69. The van der Waals surface area contributed by atoms with Crippen LogP contribution >= 0.6 is 0 Å². The lowest BCUT2D eigenvalue weighted by Gasteiger charge is -2.32. The molecule has 0 unspecified atom stereocenters. The normalized spacial score (nSPS) is 14.0. The Labute approximate surface area is 189 Å². The lowest BCUT2D eigenvalue weighted by Crippen LogP contribution is -2.46. The molecule has 2 aromatic carbocycles. The molecule has 0 atom stereocenters. The molecule has 1 aliphatic rings. The van der Waals surface area contributed by atoms with E-state index < -0.39 is 0 Å². The molecule has 1 N–H and O–H groups in total. The Morgan fingerprint density at radius 2 is 1.69 bits per heavy atom. The molecular weight excluding hydrogens is 408 g/mol. The second-order valence-corrected chi connectivity index (χ2v) is 7.78. The Morgan fingerprint density at radius 1 is 1.00 bits per heavy atom. The van der Waals surface area contributed by atoms with E-state index in [1.807, 2.05) is 30.0 Å². The van der Waals surface area contributed by atoms with Gasteiger partial charge in [-0.25, -0.2) is 0 Å². The van der Waals surface area contributed by atoms with Gasteiger partial charge in [0.2, 0.25) is 5.91 Å². The van der Waals surface area contributed by atoms with Crippen molar-refractivity contribution >= 4 is 11.8 Å². The number of amides is 2. The van der Waals surface area contributed by atoms with E-state index in [1.54, 1.807) is 38.5 Å². The van der Waals surface area contributed by atoms with Crippen LogP contribution in [0, 0.1) is 0 Å². The Morgan fingerprint density at radius 3 is 2.31 bits per heavy atom. The van der Waals surface area contributed by atoms with Crippen molar-refractivity contribution in [1.29, 1.82) is 0 Å². The van der Waals surface area contributed by atoms with E-state index in [9.17, 15) is 9.59 Å². The molecule has 7 heteroatoms. The first-order valence-corrected chi connectivity index (χ1v) is 11.1. The summed E-state index contributed by atoms with van der Waals surface area (Å²) < 4.78 is 16.0. The molecule has 0 radical (unpaired) electrons. The van der Waals surface area contributed by atoms with Gasteiger partial charge in [0.25, 0.3) is 5.91 Å². The lowest BCUT2D eigenvalue weighted by molar-refractivity contribution is -0.132. The highest BCUT2D eigenvalue weighted by Crippen LogP contribution is 2.28. The van der Waals surface area contributed by atoms with Crippen molar-refractivity contribution < 1.29 is 23.8 Å². The maximum absolute atomic E-state index is 12.7. The molecule has 2 amide bonds. The van der Waals surface area contributed by atoms with Gasteiger partial charge in [-0.1, -0.05) is 6.07 Å². The van der Waals surface area contributed by atoms with Crippen molar-refractivity contribution in [1.82, 2.24) is 10.2 Å². The molecule has 0 bridgehead atoms. The predicted octanol–water partition coefficient (Wildman–Crippen LogP) is 3.46. The van der Waals surface area contributed by atoms with Crippen LogP contribution in [0.2, 0.25) is 0 Å². The summed E-state index contributed by atoms with van der Waals surface area (Å²) in [7, 11) is 3.21. The van der Waals surface area contributed by atoms with Crippen LogP contribution in [-0.2, 0) is 11.2 Å². The zero-order valence-corrected chi connectivity index (χ0v) is 19.1. The van der Waals surface area contributed by atoms with Crippen LogP contribution in [0.15, 0.2) is 42.5 Å². The monoisotopic (exact) mass is 440 g/mol. The SMILES string of the molecule is CCOc1ccc(C(=O)NC2CCN(C(=O)CCc3ccc(OC)c(OC)c3)CC2)cc1. The summed E-state index contributed by atoms with van der Waals surface area (Å²) in [5.41, 5.74) is 1.65. The molecule has 0 spiro atoms. The second kappa shape index (κ2) is 11.4. The highest BCUT2D eigenvalue weighted by molar-refractivity contribution is 5.94. The summed E-state index contributed by atoms with van der Waals surface area (Å²) in [6.07, 6.45) is 2.60. The van der Waals surface area contributed by atoms with Crippen molar-refractivity contribution in [2.45, 2.75) is 38.6 Å². The summed E-state index contributed by atoms with van der Waals surface area (Å²) in [6, 6.07) is 12.9. The van der Waals surface area contributed by atoms with Crippen molar-refractivity contribution in [3.8, 4) is 17.2 Å². The Bertz CT molecular complexity index is 905. The minimum Gasteiger partial charge on any atom is -0.494 e. The van der Waals surface area contributed by atoms with E-state index >= 15 is 0 Å². The molecule has 172 valence electrons. The van der Waals surface area contributed by atoms with Gasteiger partial charge >= 0.3 is 0 Å². The van der Waals surface area contributed by atoms with E-state index in [0.717, 1.165) is 24.2 Å². The molecule has 0 saturated carbocycles. The van der Waals surface area contributed by atoms with Gasteiger partial charge in [-0.2, -0.15) is 0 Å². The zero-order chi connectivity index (χ0) is 22.9. The molecule has 32 heavy (non-hydrogen) atoms. The number of benzene rings is 2. The van der Waals surface area contributed by atoms with Gasteiger partial charge in [0, 0.05) is 31.1 Å². The van der Waals surface area contributed by atoms with Crippen LogP contribution < -0.4 is 19.5 Å². The molecular formula is C25H32N2O5. The summed E-state index contributed by atoms with van der Waals surface area (Å²) in [4.78, 5) is 27.0. The highest BCUT2D eigenvalue weighted by Gasteiger charge is 2.24. The molecule has 2 aromatic rings. The summed E-state index contributed by atoms with van der Waals surface area (Å²) in [6.45, 7) is 3.82. The summed E-state index contributed by atoms with van der Waals surface area (Å²) in [5, 5.41) is 3.08. The molecule has 1 fully saturated rings. The average molecular weight is 441 g/mol. The first-order chi connectivity index (χ1) is 15.5. The van der Waals surface area contributed by atoms with Crippen LogP contribution in [0.5, 0.6) is 17.2 Å². The number of nitrogens with one attached hydrogen (secondary N) is 1. The zero-order valence-electron chi connectivity index (χ0n) is 19.1. The van der Waals surface area contributed by atoms with E-state index in [2.05, 4.69) is 5.32 Å². The molecule has 7 nitrogen and oxygen atoms in total. The van der Waals surface area contributed by atoms with Crippen LogP contribution in [0.3, 0.4) is 0 Å². The molecule has 1 heterocycles. The largest absolute Gasteiger partial charge is 0.494 e. The number of rotatable bonds is 9.